The van der Waals surface area contributed by atoms with Gasteiger partial charge >= 0.3 is 0 Å². The van der Waals surface area contributed by atoms with Gasteiger partial charge in [0.25, 0.3) is 0 Å². The van der Waals surface area contributed by atoms with Gasteiger partial charge in [-0.2, -0.15) is 0 Å². The van der Waals surface area contributed by atoms with Crippen molar-refractivity contribution in [2.24, 2.45) is 0 Å². The predicted octanol–water partition coefficient (Wildman–Crippen LogP) is 2.60. The molecule has 0 aromatic heterocycles. The molecule has 0 saturated heterocycles. The van der Waals surface area contributed by atoms with Gasteiger partial charge in [0.1, 0.15) is 0 Å². The van der Waals surface area contributed by atoms with E-state index in [1.54, 1.807) is 0 Å². The molecule has 0 spiro atoms. The largest absolute Gasteiger partial charge is 0.0985 e. The number of rotatable bonds is 3. The molecule has 3 aromatic rings. The lowest BCUT2D eigenvalue weighted by Crippen LogP contribution is -2.27. The number of benzene rings is 3. The standard InChI is InChI=1S/C18H16Si/c1-2-14-10-12-16(13-11-14)19-18-9-5-7-15-6-3-4-8-17(15)18/h2-13H,1,19H2. The molecule has 0 amide bonds. The van der Waals surface area contributed by atoms with Gasteiger partial charge in [-0.1, -0.05) is 89.8 Å². The molecule has 3 rings (SSSR count). The molecule has 0 radical (unpaired) electrons. The Bertz CT molecular complexity index is 706. The van der Waals surface area contributed by atoms with Crippen molar-refractivity contribution in [1.29, 1.82) is 0 Å². The monoisotopic (exact) mass is 260 g/mol. The lowest BCUT2D eigenvalue weighted by atomic mass is 10.1. The van der Waals surface area contributed by atoms with E-state index in [0.29, 0.717) is 0 Å². The summed E-state index contributed by atoms with van der Waals surface area (Å²) >= 11 is 0. The van der Waals surface area contributed by atoms with E-state index in [1.165, 1.54) is 26.7 Å². The highest BCUT2D eigenvalue weighted by molar-refractivity contribution is 6.69. The minimum atomic E-state index is -0.414. The summed E-state index contributed by atoms with van der Waals surface area (Å²) in [6.07, 6.45) is 1.89. The maximum atomic E-state index is 3.80. The van der Waals surface area contributed by atoms with E-state index in [2.05, 4.69) is 73.3 Å². The highest BCUT2D eigenvalue weighted by Gasteiger charge is 2.02. The third-order valence-electron chi connectivity index (χ3n) is 3.49. The van der Waals surface area contributed by atoms with E-state index in [4.69, 9.17) is 0 Å². The Hall–Kier alpha value is -2.12. The molecule has 0 fully saturated rings. The fourth-order valence-electron chi connectivity index (χ4n) is 2.44. The minimum Gasteiger partial charge on any atom is -0.0985 e. The van der Waals surface area contributed by atoms with Crippen molar-refractivity contribution in [2.45, 2.75) is 0 Å². The molecular weight excluding hydrogens is 244 g/mol. The number of hydrogen-bond donors (Lipinski definition) is 0. The summed E-state index contributed by atoms with van der Waals surface area (Å²) in [5, 5.41) is 5.74. The normalized spacial score (nSPS) is 11.2. The molecule has 0 atom stereocenters. The maximum Gasteiger partial charge on any atom is 0.0883 e. The van der Waals surface area contributed by atoms with Crippen LogP contribution in [0.2, 0.25) is 0 Å². The first-order chi connectivity index (χ1) is 9.36. The second-order valence-corrected chi connectivity index (χ2v) is 6.69. The van der Waals surface area contributed by atoms with Crippen LogP contribution < -0.4 is 10.4 Å². The number of fused-ring (bicyclic) bond motifs is 1. The molecule has 0 saturated carbocycles. The Balaban J connectivity index is 1.98. The van der Waals surface area contributed by atoms with Crippen LogP contribution in [0.1, 0.15) is 5.56 Å². The average molecular weight is 260 g/mol. The van der Waals surface area contributed by atoms with Crippen LogP contribution in [-0.4, -0.2) is 9.52 Å². The van der Waals surface area contributed by atoms with Crippen LogP contribution in [0, 0.1) is 0 Å². The molecular formula is C18H16Si. The second-order valence-electron chi connectivity index (χ2n) is 4.76. The molecule has 0 unspecified atom stereocenters. The molecule has 19 heavy (non-hydrogen) atoms. The summed E-state index contributed by atoms with van der Waals surface area (Å²) in [5.74, 6) is 0. The summed E-state index contributed by atoms with van der Waals surface area (Å²) < 4.78 is 0. The molecule has 92 valence electrons. The molecule has 0 bridgehead atoms. The summed E-state index contributed by atoms with van der Waals surface area (Å²) in [6, 6.07) is 24.1. The van der Waals surface area contributed by atoms with Crippen LogP contribution >= 0.6 is 0 Å². The third-order valence-corrected chi connectivity index (χ3v) is 5.37. The zero-order valence-corrected chi connectivity index (χ0v) is 12.3. The van der Waals surface area contributed by atoms with Crippen LogP contribution in [0.25, 0.3) is 16.8 Å². The average Bonchev–Trinajstić information content (AvgIpc) is 2.48. The minimum absolute atomic E-state index is 0.414. The van der Waals surface area contributed by atoms with Gasteiger partial charge in [0, 0.05) is 0 Å². The summed E-state index contributed by atoms with van der Waals surface area (Å²) in [7, 11) is -0.414. The Labute approximate surface area is 116 Å². The lowest BCUT2D eigenvalue weighted by Gasteiger charge is -2.06. The van der Waals surface area contributed by atoms with Gasteiger partial charge < -0.3 is 0 Å². The quantitative estimate of drug-likeness (QED) is 0.635. The van der Waals surface area contributed by atoms with Crippen LogP contribution in [0.4, 0.5) is 0 Å². The van der Waals surface area contributed by atoms with Gasteiger partial charge in [-0.3, -0.25) is 0 Å². The predicted molar refractivity (Wildman–Crippen MR) is 88.3 cm³/mol. The molecule has 0 nitrogen and oxygen atoms in total. The van der Waals surface area contributed by atoms with Crippen molar-refractivity contribution in [3.05, 3.63) is 78.9 Å². The van der Waals surface area contributed by atoms with Crippen molar-refractivity contribution in [3.8, 4) is 0 Å². The van der Waals surface area contributed by atoms with Gasteiger partial charge in [-0.15, -0.1) is 0 Å². The van der Waals surface area contributed by atoms with E-state index in [1.807, 2.05) is 6.08 Å². The van der Waals surface area contributed by atoms with Crippen molar-refractivity contribution < 1.29 is 0 Å². The maximum absolute atomic E-state index is 3.80. The molecule has 3 aromatic carbocycles. The van der Waals surface area contributed by atoms with Gasteiger partial charge in [0.05, 0.1) is 9.52 Å². The Morgan fingerprint density at radius 2 is 1.53 bits per heavy atom. The molecule has 0 aliphatic heterocycles. The van der Waals surface area contributed by atoms with Crippen molar-refractivity contribution in [2.75, 3.05) is 0 Å². The SMILES string of the molecule is C=Cc1ccc([SiH2]c2cccc3ccccc23)cc1. The molecule has 0 aliphatic carbocycles. The summed E-state index contributed by atoms with van der Waals surface area (Å²) in [4.78, 5) is 0. The Kier molecular flexibility index (Phi) is 3.30. The first kappa shape index (κ1) is 11.9. The fraction of sp³-hybridized carbons (Fsp3) is 0. The molecule has 0 aliphatic rings. The van der Waals surface area contributed by atoms with Crippen LogP contribution in [0.3, 0.4) is 0 Å². The molecule has 1 heteroatoms. The Morgan fingerprint density at radius 3 is 2.32 bits per heavy atom. The van der Waals surface area contributed by atoms with E-state index in [-0.39, 0.29) is 0 Å². The Morgan fingerprint density at radius 1 is 0.789 bits per heavy atom. The zero-order chi connectivity index (χ0) is 13.1. The topological polar surface area (TPSA) is 0 Å². The molecule has 0 heterocycles. The van der Waals surface area contributed by atoms with E-state index >= 15 is 0 Å². The van der Waals surface area contributed by atoms with E-state index < -0.39 is 9.52 Å². The summed E-state index contributed by atoms with van der Waals surface area (Å²) in [6.45, 7) is 3.80. The second kappa shape index (κ2) is 5.25. The van der Waals surface area contributed by atoms with E-state index in [0.717, 1.165) is 0 Å². The summed E-state index contributed by atoms with van der Waals surface area (Å²) in [5.41, 5.74) is 1.19. The third kappa shape index (κ3) is 2.51. The zero-order valence-electron chi connectivity index (χ0n) is 10.8. The highest BCUT2D eigenvalue weighted by Crippen LogP contribution is 2.10. The van der Waals surface area contributed by atoms with Crippen LogP contribution in [0.5, 0.6) is 0 Å². The van der Waals surface area contributed by atoms with Crippen molar-refractivity contribution in [3.63, 3.8) is 0 Å². The first-order valence-electron chi connectivity index (χ1n) is 6.55. The van der Waals surface area contributed by atoms with Crippen molar-refractivity contribution >= 4 is 36.7 Å². The highest BCUT2D eigenvalue weighted by atomic mass is 28.2. The van der Waals surface area contributed by atoms with Crippen LogP contribution in [-0.2, 0) is 0 Å². The van der Waals surface area contributed by atoms with Crippen molar-refractivity contribution in [1.82, 2.24) is 0 Å². The van der Waals surface area contributed by atoms with E-state index in [9.17, 15) is 0 Å². The molecule has 0 N–H and O–H groups in total. The van der Waals surface area contributed by atoms with Gasteiger partial charge in [-0.05, 0) is 16.3 Å². The first-order valence-corrected chi connectivity index (χ1v) is 7.96. The van der Waals surface area contributed by atoms with Gasteiger partial charge in [0.15, 0.2) is 0 Å². The number of hydrogen-bond acceptors (Lipinski definition) is 0. The smallest absolute Gasteiger partial charge is 0.0883 e. The lowest BCUT2D eigenvalue weighted by molar-refractivity contribution is 1.70. The fourth-order valence-corrected chi connectivity index (χ4v) is 4.12. The van der Waals surface area contributed by atoms with Gasteiger partial charge in [0.2, 0.25) is 0 Å². The van der Waals surface area contributed by atoms with Crippen LogP contribution in [0.15, 0.2) is 73.3 Å². The van der Waals surface area contributed by atoms with Gasteiger partial charge in [-0.25, -0.2) is 0 Å².